The minimum absolute atomic E-state index is 0.0609. The quantitative estimate of drug-likeness (QED) is 0.805. The highest BCUT2D eigenvalue weighted by atomic mass is 16.5. The van der Waals surface area contributed by atoms with E-state index in [1.807, 2.05) is 24.3 Å². The summed E-state index contributed by atoms with van der Waals surface area (Å²) >= 11 is 0. The molecular weight excluding hydrogens is 228 g/mol. The summed E-state index contributed by atoms with van der Waals surface area (Å²) in [6, 6.07) is 7.58. The van der Waals surface area contributed by atoms with Gasteiger partial charge in [-0.3, -0.25) is 4.79 Å². The van der Waals surface area contributed by atoms with Crippen LogP contribution < -0.4 is 10.6 Å². The van der Waals surface area contributed by atoms with Gasteiger partial charge in [0.05, 0.1) is 6.61 Å². The SMILES string of the molecule is CNC(=O)c1ccc(CNC(C)(C)COC)cc1. The number of hydrogen-bond acceptors (Lipinski definition) is 3. The van der Waals surface area contributed by atoms with Crippen LogP contribution in [0.5, 0.6) is 0 Å². The van der Waals surface area contributed by atoms with Gasteiger partial charge in [-0.05, 0) is 31.5 Å². The molecule has 0 spiro atoms. The van der Waals surface area contributed by atoms with Gasteiger partial charge in [0.15, 0.2) is 0 Å². The maximum atomic E-state index is 11.4. The average molecular weight is 250 g/mol. The summed E-state index contributed by atoms with van der Waals surface area (Å²) < 4.78 is 5.14. The Kier molecular flexibility index (Phi) is 5.31. The van der Waals surface area contributed by atoms with Crippen LogP contribution in [0.1, 0.15) is 29.8 Å². The van der Waals surface area contributed by atoms with Crippen LogP contribution in [0.3, 0.4) is 0 Å². The topological polar surface area (TPSA) is 50.4 Å². The van der Waals surface area contributed by atoms with Gasteiger partial charge in [0.2, 0.25) is 0 Å². The van der Waals surface area contributed by atoms with Crippen LogP contribution in [0.4, 0.5) is 0 Å². The van der Waals surface area contributed by atoms with Crippen molar-refractivity contribution in [2.75, 3.05) is 20.8 Å². The Balaban J connectivity index is 2.56. The van der Waals surface area contributed by atoms with E-state index in [9.17, 15) is 4.79 Å². The van der Waals surface area contributed by atoms with Crippen LogP contribution in [0.2, 0.25) is 0 Å². The molecule has 4 heteroatoms. The summed E-state index contributed by atoms with van der Waals surface area (Å²) in [7, 11) is 3.33. The molecular formula is C14H22N2O2. The minimum Gasteiger partial charge on any atom is -0.383 e. The molecule has 0 aromatic heterocycles. The zero-order chi connectivity index (χ0) is 13.6. The fourth-order valence-electron chi connectivity index (χ4n) is 1.67. The number of benzene rings is 1. The van der Waals surface area contributed by atoms with Crippen molar-refractivity contribution in [3.63, 3.8) is 0 Å². The number of carbonyl (C=O) groups is 1. The van der Waals surface area contributed by atoms with E-state index in [1.165, 1.54) is 0 Å². The monoisotopic (exact) mass is 250 g/mol. The number of carbonyl (C=O) groups excluding carboxylic acids is 1. The smallest absolute Gasteiger partial charge is 0.251 e. The lowest BCUT2D eigenvalue weighted by Gasteiger charge is -2.25. The predicted molar refractivity (Wildman–Crippen MR) is 72.6 cm³/mol. The third-order valence-electron chi connectivity index (χ3n) is 2.72. The molecule has 0 unspecified atom stereocenters. The molecule has 1 aromatic rings. The maximum Gasteiger partial charge on any atom is 0.251 e. The molecule has 4 nitrogen and oxygen atoms in total. The van der Waals surface area contributed by atoms with Gasteiger partial charge >= 0.3 is 0 Å². The Hall–Kier alpha value is -1.39. The highest BCUT2D eigenvalue weighted by molar-refractivity contribution is 5.93. The average Bonchev–Trinajstić information content (AvgIpc) is 2.36. The first-order valence-corrected chi connectivity index (χ1v) is 6.03. The van der Waals surface area contributed by atoms with Gasteiger partial charge in [-0.15, -0.1) is 0 Å². The number of ether oxygens (including phenoxy) is 1. The third-order valence-corrected chi connectivity index (χ3v) is 2.72. The van der Waals surface area contributed by atoms with Crippen LogP contribution in [0.25, 0.3) is 0 Å². The lowest BCUT2D eigenvalue weighted by atomic mass is 10.1. The zero-order valence-electron chi connectivity index (χ0n) is 11.5. The Morgan fingerprint density at radius 2 is 1.89 bits per heavy atom. The lowest BCUT2D eigenvalue weighted by molar-refractivity contribution is 0.0963. The van der Waals surface area contributed by atoms with E-state index in [0.717, 1.165) is 12.1 Å². The van der Waals surface area contributed by atoms with Crippen molar-refractivity contribution in [1.29, 1.82) is 0 Å². The first kappa shape index (κ1) is 14.7. The van der Waals surface area contributed by atoms with Crippen molar-refractivity contribution in [2.24, 2.45) is 0 Å². The van der Waals surface area contributed by atoms with E-state index in [0.29, 0.717) is 12.2 Å². The number of amides is 1. The second-order valence-electron chi connectivity index (χ2n) is 4.95. The maximum absolute atomic E-state index is 11.4. The van der Waals surface area contributed by atoms with Gasteiger partial charge < -0.3 is 15.4 Å². The molecule has 0 atom stereocenters. The van der Waals surface area contributed by atoms with Gasteiger partial charge in [-0.25, -0.2) is 0 Å². The first-order valence-electron chi connectivity index (χ1n) is 6.03. The molecule has 1 aromatic carbocycles. The summed E-state index contributed by atoms with van der Waals surface area (Å²) in [4.78, 5) is 11.4. The summed E-state index contributed by atoms with van der Waals surface area (Å²) in [6.07, 6.45) is 0. The molecule has 0 fully saturated rings. The van der Waals surface area contributed by atoms with Crippen molar-refractivity contribution in [3.8, 4) is 0 Å². The van der Waals surface area contributed by atoms with Gasteiger partial charge in [0.1, 0.15) is 0 Å². The Bertz CT molecular complexity index is 385. The first-order chi connectivity index (χ1) is 8.48. The van der Waals surface area contributed by atoms with Gasteiger partial charge in [-0.1, -0.05) is 12.1 Å². The van der Waals surface area contributed by atoms with Crippen LogP contribution in [0.15, 0.2) is 24.3 Å². The molecule has 0 aliphatic heterocycles. The minimum atomic E-state index is -0.0613. The molecule has 0 heterocycles. The molecule has 0 bridgehead atoms. The van der Waals surface area contributed by atoms with Crippen molar-refractivity contribution >= 4 is 5.91 Å². The van der Waals surface area contributed by atoms with E-state index < -0.39 is 0 Å². The van der Waals surface area contributed by atoms with E-state index >= 15 is 0 Å². The van der Waals surface area contributed by atoms with Crippen LogP contribution in [-0.4, -0.2) is 32.2 Å². The largest absolute Gasteiger partial charge is 0.383 e. The molecule has 18 heavy (non-hydrogen) atoms. The summed E-state index contributed by atoms with van der Waals surface area (Å²) in [5.41, 5.74) is 1.76. The van der Waals surface area contributed by atoms with Gasteiger partial charge in [0, 0.05) is 31.8 Å². The van der Waals surface area contributed by atoms with Crippen molar-refractivity contribution < 1.29 is 9.53 Å². The Morgan fingerprint density at radius 3 is 2.39 bits per heavy atom. The standard InChI is InChI=1S/C14H22N2O2/c1-14(2,10-18-4)16-9-11-5-7-12(8-6-11)13(17)15-3/h5-8,16H,9-10H2,1-4H3,(H,15,17). The van der Waals surface area contributed by atoms with E-state index in [1.54, 1.807) is 14.2 Å². The zero-order valence-corrected chi connectivity index (χ0v) is 11.5. The van der Waals surface area contributed by atoms with Crippen LogP contribution in [-0.2, 0) is 11.3 Å². The summed E-state index contributed by atoms with van der Waals surface area (Å²) in [5.74, 6) is -0.0609. The predicted octanol–water partition coefficient (Wildman–Crippen LogP) is 1.56. The third kappa shape index (κ3) is 4.47. The Labute approximate surface area is 109 Å². The van der Waals surface area contributed by atoms with Crippen molar-refractivity contribution in [3.05, 3.63) is 35.4 Å². The van der Waals surface area contributed by atoms with Crippen molar-refractivity contribution in [1.82, 2.24) is 10.6 Å². The molecule has 0 radical (unpaired) electrons. The number of rotatable bonds is 6. The van der Waals surface area contributed by atoms with E-state index in [-0.39, 0.29) is 11.4 Å². The summed E-state index contributed by atoms with van der Waals surface area (Å²) in [6.45, 7) is 5.60. The molecule has 1 amide bonds. The molecule has 0 aliphatic carbocycles. The van der Waals surface area contributed by atoms with Crippen LogP contribution in [0, 0.1) is 0 Å². The van der Waals surface area contributed by atoms with Gasteiger partial charge in [-0.2, -0.15) is 0 Å². The fourth-order valence-corrected chi connectivity index (χ4v) is 1.67. The lowest BCUT2D eigenvalue weighted by Crippen LogP contribution is -2.42. The van der Waals surface area contributed by atoms with Gasteiger partial charge in [0.25, 0.3) is 5.91 Å². The summed E-state index contributed by atoms with van der Waals surface area (Å²) in [5, 5.41) is 6.02. The van der Waals surface area contributed by atoms with Crippen LogP contribution >= 0.6 is 0 Å². The fraction of sp³-hybridized carbons (Fsp3) is 0.500. The molecule has 1 rings (SSSR count). The molecule has 0 saturated carbocycles. The number of nitrogens with one attached hydrogen (secondary N) is 2. The van der Waals surface area contributed by atoms with Crippen molar-refractivity contribution in [2.45, 2.75) is 25.9 Å². The number of methoxy groups -OCH3 is 1. The Morgan fingerprint density at radius 1 is 1.28 bits per heavy atom. The second-order valence-corrected chi connectivity index (χ2v) is 4.95. The molecule has 0 saturated heterocycles. The molecule has 100 valence electrons. The van der Waals surface area contributed by atoms with E-state index in [2.05, 4.69) is 24.5 Å². The molecule has 0 aliphatic rings. The highest BCUT2D eigenvalue weighted by Gasteiger charge is 2.16. The number of hydrogen-bond donors (Lipinski definition) is 2. The van der Waals surface area contributed by atoms with E-state index in [4.69, 9.17) is 4.74 Å². The normalized spacial score (nSPS) is 11.3. The second kappa shape index (κ2) is 6.52. The molecule has 2 N–H and O–H groups in total. The highest BCUT2D eigenvalue weighted by Crippen LogP contribution is 2.08.